The second kappa shape index (κ2) is 10.3. The highest BCUT2D eigenvalue weighted by Crippen LogP contribution is 2.38. The molecule has 3 amide bonds. The first-order valence-electron chi connectivity index (χ1n) is 13.5. The van der Waals surface area contributed by atoms with E-state index < -0.39 is 11.4 Å². The van der Waals surface area contributed by atoms with Gasteiger partial charge in [-0.1, -0.05) is 44.2 Å². The molecule has 7 nitrogen and oxygen atoms in total. The molecule has 0 aromatic heterocycles. The number of likely N-dealkylation sites (tertiary alicyclic amines) is 1. The van der Waals surface area contributed by atoms with Gasteiger partial charge in [-0.15, -0.1) is 0 Å². The van der Waals surface area contributed by atoms with Gasteiger partial charge in [-0.2, -0.15) is 0 Å². The number of hydrogen-bond donors (Lipinski definition) is 1. The van der Waals surface area contributed by atoms with E-state index >= 15 is 0 Å². The highest BCUT2D eigenvalue weighted by Gasteiger charge is 2.49. The van der Waals surface area contributed by atoms with Crippen molar-refractivity contribution in [3.05, 3.63) is 64.7 Å². The molecule has 1 N–H and O–H groups in total. The van der Waals surface area contributed by atoms with Crippen LogP contribution < -0.4 is 10.1 Å². The van der Waals surface area contributed by atoms with Crippen LogP contribution in [0.25, 0.3) is 0 Å². The van der Waals surface area contributed by atoms with Gasteiger partial charge in [-0.05, 0) is 74.4 Å². The third-order valence-corrected chi connectivity index (χ3v) is 8.50. The van der Waals surface area contributed by atoms with Crippen LogP contribution in [0.5, 0.6) is 5.75 Å². The lowest BCUT2D eigenvalue weighted by Crippen LogP contribution is -2.61. The number of benzene rings is 2. The first-order chi connectivity index (χ1) is 17.7. The van der Waals surface area contributed by atoms with Crippen molar-refractivity contribution < 1.29 is 19.1 Å². The van der Waals surface area contributed by atoms with Gasteiger partial charge >= 0.3 is 0 Å². The second-order valence-electron chi connectivity index (χ2n) is 11.3. The van der Waals surface area contributed by atoms with Crippen molar-refractivity contribution in [2.75, 3.05) is 13.1 Å². The summed E-state index contributed by atoms with van der Waals surface area (Å²) < 4.78 is 6.18. The van der Waals surface area contributed by atoms with Crippen LogP contribution in [0.1, 0.15) is 73.5 Å². The summed E-state index contributed by atoms with van der Waals surface area (Å²) in [5.74, 6) is 1.36. The van der Waals surface area contributed by atoms with E-state index in [2.05, 4.69) is 48.3 Å². The van der Waals surface area contributed by atoms with Gasteiger partial charge in [0.15, 0.2) is 0 Å². The molecule has 3 aliphatic heterocycles. The van der Waals surface area contributed by atoms with E-state index in [1.807, 2.05) is 12.1 Å². The van der Waals surface area contributed by atoms with E-state index in [9.17, 15) is 14.4 Å². The maximum atomic E-state index is 13.2. The molecule has 2 aromatic rings. The normalized spacial score (nSPS) is 22.9. The number of carbonyl (C=O) groups is 3. The van der Waals surface area contributed by atoms with E-state index in [1.165, 1.54) is 31.5 Å². The fraction of sp³-hybridized carbons (Fsp3) is 0.500. The highest BCUT2D eigenvalue weighted by molar-refractivity contribution is 6.07. The third-order valence-electron chi connectivity index (χ3n) is 8.50. The number of nitrogens with zero attached hydrogens (tertiary/aromatic N) is 2. The SMILES string of the molecule is CC(C)C1CCN(Cc2ccc(COc3cccc4c3CN([C@@]3(C)CCC(=O)NC3=O)C4=O)cc2)CC1. The van der Waals surface area contributed by atoms with Crippen molar-refractivity contribution >= 4 is 17.7 Å². The standard InChI is InChI=1S/C30H37N3O4/c1-20(2)23-12-15-32(16-13-23)17-21-7-9-22(10-8-21)19-37-26-6-4-5-24-25(26)18-33(28(24)35)30(3)14-11-27(34)31-29(30)36/h4-10,20,23H,11-19H2,1-3H3,(H,31,34,36)/t30-/m0/s1. The number of carbonyl (C=O) groups excluding carboxylic acids is 3. The third kappa shape index (κ3) is 5.14. The molecule has 0 unspecified atom stereocenters. The van der Waals surface area contributed by atoms with Crippen LogP contribution >= 0.6 is 0 Å². The molecule has 37 heavy (non-hydrogen) atoms. The molecule has 0 aliphatic carbocycles. The smallest absolute Gasteiger partial charge is 0.255 e. The fourth-order valence-corrected chi connectivity index (χ4v) is 5.83. The minimum absolute atomic E-state index is 0.200. The molecule has 2 fully saturated rings. The first-order valence-corrected chi connectivity index (χ1v) is 13.5. The monoisotopic (exact) mass is 503 g/mol. The van der Waals surface area contributed by atoms with Crippen LogP contribution in [0.3, 0.4) is 0 Å². The topological polar surface area (TPSA) is 79.0 Å². The molecule has 2 saturated heterocycles. The quantitative estimate of drug-likeness (QED) is 0.571. The van der Waals surface area contributed by atoms with E-state index in [0.29, 0.717) is 24.3 Å². The van der Waals surface area contributed by atoms with Crippen LogP contribution in [0.4, 0.5) is 0 Å². The van der Waals surface area contributed by atoms with Crippen molar-refractivity contribution in [3.8, 4) is 5.75 Å². The van der Waals surface area contributed by atoms with Crippen molar-refractivity contribution in [2.45, 2.75) is 71.7 Å². The maximum absolute atomic E-state index is 13.2. The van der Waals surface area contributed by atoms with Gasteiger partial charge in [0.2, 0.25) is 5.91 Å². The molecule has 0 radical (unpaired) electrons. The predicted octanol–water partition coefficient (Wildman–Crippen LogP) is 4.28. The largest absolute Gasteiger partial charge is 0.489 e. The lowest BCUT2D eigenvalue weighted by molar-refractivity contribution is -0.142. The zero-order valence-electron chi connectivity index (χ0n) is 22.1. The van der Waals surface area contributed by atoms with Gasteiger partial charge < -0.3 is 9.64 Å². The Balaban J connectivity index is 1.20. The number of piperidine rings is 2. The van der Waals surface area contributed by atoms with Gasteiger partial charge in [-0.3, -0.25) is 24.6 Å². The molecule has 196 valence electrons. The number of ether oxygens (including phenoxy) is 1. The zero-order valence-corrected chi connectivity index (χ0v) is 22.1. The number of nitrogens with one attached hydrogen (secondary N) is 1. The molecule has 0 saturated carbocycles. The summed E-state index contributed by atoms with van der Waals surface area (Å²) in [4.78, 5) is 41.6. The molecule has 5 rings (SSSR count). The summed E-state index contributed by atoms with van der Waals surface area (Å²) in [7, 11) is 0. The Labute approximate surface area is 219 Å². The average molecular weight is 504 g/mol. The number of imide groups is 1. The summed E-state index contributed by atoms with van der Waals surface area (Å²) in [5, 5.41) is 2.39. The van der Waals surface area contributed by atoms with E-state index in [-0.39, 0.29) is 24.8 Å². The summed E-state index contributed by atoms with van der Waals surface area (Å²) in [6.07, 6.45) is 3.10. The van der Waals surface area contributed by atoms with Gasteiger partial charge in [0.05, 0.1) is 6.54 Å². The van der Waals surface area contributed by atoms with E-state index in [1.54, 1.807) is 17.9 Å². The predicted molar refractivity (Wildman–Crippen MR) is 141 cm³/mol. The number of amides is 3. The lowest BCUT2D eigenvalue weighted by Gasteiger charge is -2.39. The number of fused-ring (bicyclic) bond motifs is 1. The van der Waals surface area contributed by atoms with Crippen LogP contribution in [0, 0.1) is 11.8 Å². The number of hydrogen-bond acceptors (Lipinski definition) is 5. The molecule has 7 heteroatoms. The van der Waals surface area contributed by atoms with Gasteiger partial charge in [0.25, 0.3) is 11.8 Å². The van der Waals surface area contributed by atoms with Crippen molar-refractivity contribution in [1.82, 2.24) is 15.1 Å². The van der Waals surface area contributed by atoms with Crippen LogP contribution in [0.2, 0.25) is 0 Å². The molecule has 0 spiro atoms. The highest BCUT2D eigenvalue weighted by atomic mass is 16.5. The minimum atomic E-state index is -1.05. The molecule has 0 bridgehead atoms. The molecule has 1 atom stereocenters. The van der Waals surface area contributed by atoms with Crippen molar-refractivity contribution in [3.63, 3.8) is 0 Å². The Morgan fingerprint density at radius 2 is 1.73 bits per heavy atom. The number of rotatable bonds is 7. The zero-order chi connectivity index (χ0) is 26.2. The van der Waals surface area contributed by atoms with Gasteiger partial charge in [0.1, 0.15) is 17.9 Å². The van der Waals surface area contributed by atoms with E-state index in [4.69, 9.17) is 4.74 Å². The van der Waals surface area contributed by atoms with Crippen LogP contribution in [-0.4, -0.2) is 46.1 Å². The molecular formula is C30H37N3O4. The van der Waals surface area contributed by atoms with Gasteiger partial charge in [-0.25, -0.2) is 0 Å². The maximum Gasteiger partial charge on any atom is 0.255 e. The summed E-state index contributed by atoms with van der Waals surface area (Å²) >= 11 is 0. The minimum Gasteiger partial charge on any atom is -0.489 e. The Hall–Kier alpha value is -3.19. The Morgan fingerprint density at radius 1 is 1.03 bits per heavy atom. The Kier molecular flexibility index (Phi) is 7.08. The Morgan fingerprint density at radius 3 is 2.41 bits per heavy atom. The fourth-order valence-electron chi connectivity index (χ4n) is 5.83. The molecule has 3 heterocycles. The second-order valence-corrected chi connectivity index (χ2v) is 11.3. The van der Waals surface area contributed by atoms with Crippen molar-refractivity contribution in [2.24, 2.45) is 11.8 Å². The van der Waals surface area contributed by atoms with Crippen molar-refractivity contribution in [1.29, 1.82) is 0 Å². The van der Waals surface area contributed by atoms with Crippen LogP contribution in [-0.2, 0) is 29.3 Å². The summed E-state index contributed by atoms with van der Waals surface area (Å²) in [5.41, 5.74) is 2.67. The molecular weight excluding hydrogens is 466 g/mol. The van der Waals surface area contributed by atoms with Gasteiger partial charge in [0, 0.05) is 24.1 Å². The molecule has 2 aromatic carbocycles. The Bertz CT molecular complexity index is 1180. The lowest BCUT2D eigenvalue weighted by atomic mass is 9.86. The van der Waals surface area contributed by atoms with E-state index in [0.717, 1.165) is 29.5 Å². The van der Waals surface area contributed by atoms with Crippen LogP contribution in [0.15, 0.2) is 42.5 Å². The molecule has 3 aliphatic rings. The summed E-state index contributed by atoms with van der Waals surface area (Å²) in [6, 6.07) is 14.0. The summed E-state index contributed by atoms with van der Waals surface area (Å²) in [6.45, 7) is 10.4. The average Bonchev–Trinajstić information content (AvgIpc) is 3.24. The first kappa shape index (κ1) is 25.5.